The van der Waals surface area contributed by atoms with Crippen molar-refractivity contribution in [3.63, 3.8) is 0 Å². The van der Waals surface area contributed by atoms with Gasteiger partial charge >= 0.3 is 12.3 Å². The molecule has 1 aliphatic carbocycles. The maximum Gasteiger partial charge on any atom is 0.514 e. The summed E-state index contributed by atoms with van der Waals surface area (Å²) in [6, 6.07) is 5.00. The largest absolute Gasteiger partial charge is 0.514 e. The average Bonchev–Trinajstić information content (AvgIpc) is 2.82. The first kappa shape index (κ1) is 30.6. The van der Waals surface area contributed by atoms with Gasteiger partial charge in [-0.1, -0.05) is 72.0 Å². The summed E-state index contributed by atoms with van der Waals surface area (Å²) in [5.74, 6) is 0.537. The number of rotatable bonds is 8. The van der Waals surface area contributed by atoms with E-state index in [1.807, 2.05) is 0 Å². The van der Waals surface area contributed by atoms with Gasteiger partial charge in [0.25, 0.3) is 0 Å². The van der Waals surface area contributed by atoms with Crippen LogP contribution in [-0.2, 0) is 14.2 Å². The summed E-state index contributed by atoms with van der Waals surface area (Å²) in [6.07, 6.45) is 1.84. The molecule has 7 nitrogen and oxygen atoms in total. The van der Waals surface area contributed by atoms with Gasteiger partial charge in [-0.2, -0.15) is 0 Å². The Morgan fingerprint density at radius 3 is 2.42 bits per heavy atom. The van der Waals surface area contributed by atoms with Crippen LogP contribution in [0, 0.1) is 17.8 Å². The molecule has 2 N–H and O–H groups in total. The van der Waals surface area contributed by atoms with E-state index in [4.69, 9.17) is 37.4 Å². The van der Waals surface area contributed by atoms with E-state index in [0.717, 1.165) is 31.0 Å². The molecule has 1 aliphatic heterocycles. The van der Waals surface area contributed by atoms with Crippen LogP contribution in [0.1, 0.15) is 78.2 Å². The summed E-state index contributed by atoms with van der Waals surface area (Å²) in [5.41, 5.74) is 0.744. The zero-order valence-electron chi connectivity index (χ0n) is 22.4. The minimum atomic E-state index is -1.50. The number of nitrogens with one attached hydrogen (secondary N) is 1. The predicted octanol–water partition coefficient (Wildman–Crippen LogP) is 9.00. The third-order valence-corrected chi connectivity index (χ3v) is 8.78. The van der Waals surface area contributed by atoms with Crippen LogP contribution < -0.4 is 5.32 Å². The lowest BCUT2D eigenvalue weighted by atomic mass is 9.68. The van der Waals surface area contributed by atoms with Gasteiger partial charge in [0.2, 0.25) is 0 Å². The van der Waals surface area contributed by atoms with E-state index in [9.17, 15) is 14.7 Å². The quantitative estimate of drug-likeness (QED) is 0.218. The minimum absolute atomic E-state index is 0.0372. The summed E-state index contributed by atoms with van der Waals surface area (Å²) < 4.78 is 17.3. The Morgan fingerprint density at radius 1 is 1.16 bits per heavy atom. The molecule has 4 unspecified atom stereocenters. The first-order valence-corrected chi connectivity index (χ1v) is 14.7. The molecule has 2 aliphatic rings. The van der Waals surface area contributed by atoms with Crippen molar-refractivity contribution in [1.29, 1.82) is 0 Å². The van der Waals surface area contributed by atoms with Gasteiger partial charge in [0.15, 0.2) is 0 Å². The maximum atomic E-state index is 13.5. The molecule has 1 fully saturated rings. The van der Waals surface area contributed by atoms with Crippen molar-refractivity contribution in [3.05, 3.63) is 56.7 Å². The van der Waals surface area contributed by atoms with E-state index in [-0.39, 0.29) is 21.6 Å². The molecule has 10 heteroatoms. The normalized spacial score (nSPS) is 25.8. The number of hydrogen-bond acceptors (Lipinski definition) is 6. The van der Waals surface area contributed by atoms with E-state index in [2.05, 4.69) is 42.0 Å². The van der Waals surface area contributed by atoms with Crippen LogP contribution in [0.15, 0.2) is 41.1 Å². The predicted molar refractivity (Wildman–Crippen MR) is 152 cm³/mol. The molecule has 0 amide bonds. The molecule has 0 aromatic heterocycles. The number of halogens is 3. The number of benzene rings is 1. The third kappa shape index (κ3) is 7.19. The molecule has 0 spiro atoms. The topological polar surface area (TPSA) is 94.1 Å². The molecule has 0 saturated heterocycles. The van der Waals surface area contributed by atoms with E-state index in [1.54, 1.807) is 32.0 Å². The number of dihydropyridines is 1. The van der Waals surface area contributed by atoms with Crippen molar-refractivity contribution >= 4 is 51.4 Å². The molecule has 0 bridgehead atoms. The van der Waals surface area contributed by atoms with Gasteiger partial charge in [0.1, 0.15) is 23.0 Å². The Morgan fingerprint density at radius 2 is 1.82 bits per heavy atom. The highest BCUT2D eigenvalue weighted by molar-refractivity contribution is 9.09. The minimum Gasteiger partial charge on any atom is -0.449 e. The summed E-state index contributed by atoms with van der Waals surface area (Å²) in [4.78, 5) is 25.0. The lowest BCUT2D eigenvalue weighted by molar-refractivity contribution is -0.0816. The summed E-state index contributed by atoms with van der Waals surface area (Å²) >= 11 is 16.3. The second-order valence-corrected chi connectivity index (χ2v) is 12.3. The van der Waals surface area contributed by atoms with Gasteiger partial charge in [-0.25, -0.2) is 9.59 Å². The number of alkyl halides is 1. The highest BCUT2D eigenvalue weighted by Gasteiger charge is 2.44. The summed E-state index contributed by atoms with van der Waals surface area (Å²) in [5, 5.41) is 13.8. The van der Waals surface area contributed by atoms with E-state index < -0.39 is 23.8 Å². The number of carboxylic acid groups (broad SMARTS) is 1. The van der Waals surface area contributed by atoms with Crippen molar-refractivity contribution < 1.29 is 28.9 Å². The molecule has 210 valence electrons. The zero-order chi connectivity index (χ0) is 28.2. The van der Waals surface area contributed by atoms with Crippen molar-refractivity contribution in [2.45, 2.75) is 78.2 Å². The first-order chi connectivity index (χ1) is 17.9. The van der Waals surface area contributed by atoms with Crippen molar-refractivity contribution in [2.24, 2.45) is 17.8 Å². The van der Waals surface area contributed by atoms with Gasteiger partial charge in [-0.05, 0) is 75.3 Å². The number of carbonyl (C=O) groups excluding carboxylic acids is 1. The van der Waals surface area contributed by atoms with Crippen LogP contribution in [-0.4, -0.2) is 28.3 Å². The monoisotopic (exact) mass is 631 g/mol. The van der Waals surface area contributed by atoms with Crippen LogP contribution in [0.3, 0.4) is 0 Å². The van der Waals surface area contributed by atoms with Crippen LogP contribution in [0.2, 0.25) is 10.0 Å². The molecular weight excluding hydrogens is 597 g/mol. The van der Waals surface area contributed by atoms with Gasteiger partial charge in [-0.15, -0.1) is 0 Å². The SMILES string of the molecule is CC1=C(OC(=O)O)C(c2cccc(Cl)c2Cl)C(OC(=O)OC2(CCCBr)CC(C)CC(C(C)C)C2)=C(C)N1. The lowest BCUT2D eigenvalue weighted by Crippen LogP contribution is -2.44. The van der Waals surface area contributed by atoms with Crippen molar-refractivity contribution in [3.8, 4) is 0 Å². The molecule has 3 rings (SSSR count). The van der Waals surface area contributed by atoms with Crippen molar-refractivity contribution in [1.82, 2.24) is 5.32 Å². The van der Waals surface area contributed by atoms with Crippen LogP contribution in [0.5, 0.6) is 0 Å². The zero-order valence-corrected chi connectivity index (χ0v) is 25.5. The molecule has 1 aromatic rings. The molecule has 0 radical (unpaired) electrons. The molecule has 1 heterocycles. The van der Waals surface area contributed by atoms with Gasteiger partial charge in [0, 0.05) is 5.33 Å². The van der Waals surface area contributed by atoms with Crippen molar-refractivity contribution in [2.75, 3.05) is 5.33 Å². The Hall–Kier alpha value is -1.90. The molecule has 4 atom stereocenters. The van der Waals surface area contributed by atoms with Crippen LogP contribution in [0.25, 0.3) is 0 Å². The lowest BCUT2D eigenvalue weighted by Gasteiger charge is -2.44. The first-order valence-electron chi connectivity index (χ1n) is 12.9. The van der Waals surface area contributed by atoms with Crippen LogP contribution in [0.4, 0.5) is 9.59 Å². The Bertz CT molecular complexity index is 1120. The fourth-order valence-electron chi connectivity index (χ4n) is 5.75. The molecular formula is C28H36BrCl2NO6. The van der Waals surface area contributed by atoms with Gasteiger partial charge in [-0.3, -0.25) is 0 Å². The van der Waals surface area contributed by atoms with Gasteiger partial charge < -0.3 is 24.6 Å². The second kappa shape index (κ2) is 13.0. The maximum absolute atomic E-state index is 13.5. The molecule has 1 saturated carbocycles. The van der Waals surface area contributed by atoms with Crippen LogP contribution >= 0.6 is 39.1 Å². The number of hydrogen-bond donors (Lipinski definition) is 2. The Kier molecular flexibility index (Phi) is 10.5. The average molecular weight is 633 g/mol. The standard InChI is InChI=1S/C28H36BrCl2NO6/c1-15(2)19-12-16(3)13-28(14-19,10-7-11-29)38-27(35)37-25-18(5)32-17(4)24(36-26(33)34)22(25)20-8-6-9-21(30)23(20)31/h6,8-9,15-16,19,22,32H,7,10-14H2,1-5H3,(H,33,34). The number of allylic oxidation sites excluding steroid dienone is 2. The smallest absolute Gasteiger partial charge is 0.449 e. The third-order valence-electron chi connectivity index (χ3n) is 7.39. The van der Waals surface area contributed by atoms with E-state index >= 15 is 0 Å². The highest BCUT2D eigenvalue weighted by Crippen LogP contribution is 2.46. The molecule has 1 aromatic carbocycles. The second-order valence-electron chi connectivity index (χ2n) is 10.7. The van der Waals surface area contributed by atoms with E-state index in [0.29, 0.717) is 41.1 Å². The summed E-state index contributed by atoms with van der Waals surface area (Å²) in [7, 11) is 0. The fraction of sp³-hybridized carbons (Fsp3) is 0.571. The van der Waals surface area contributed by atoms with E-state index in [1.165, 1.54) is 0 Å². The number of ether oxygens (including phenoxy) is 3. The molecule has 38 heavy (non-hydrogen) atoms. The van der Waals surface area contributed by atoms with Gasteiger partial charge in [0.05, 0.1) is 21.4 Å². The Balaban J connectivity index is 1.97. The summed E-state index contributed by atoms with van der Waals surface area (Å²) in [6.45, 7) is 10.0. The highest BCUT2D eigenvalue weighted by atomic mass is 79.9. The Labute approximate surface area is 243 Å². The number of carbonyl (C=O) groups is 2. The fourth-order valence-corrected chi connectivity index (χ4v) is 6.45.